The molecule has 0 amide bonds. The highest BCUT2D eigenvalue weighted by atomic mass is 32.2. The highest BCUT2D eigenvalue weighted by Gasteiger charge is 2.20. The maximum absolute atomic E-state index is 12.4. The molecule has 0 radical (unpaired) electrons. The molecule has 2 heterocycles. The van der Waals surface area contributed by atoms with Crippen LogP contribution in [-0.2, 0) is 16.4 Å². The quantitative estimate of drug-likeness (QED) is 0.384. The molecule has 0 aliphatic rings. The number of rotatable bonds is 8. The Morgan fingerprint density at radius 3 is 2.21 bits per heavy atom. The Labute approximate surface area is 199 Å². The summed E-state index contributed by atoms with van der Waals surface area (Å²) in [6.45, 7) is 4.13. The molecule has 8 nitrogen and oxygen atoms in total. The van der Waals surface area contributed by atoms with Crippen LogP contribution < -0.4 is 10.6 Å². The van der Waals surface area contributed by atoms with Crippen LogP contribution in [0.4, 0.5) is 5.82 Å². The van der Waals surface area contributed by atoms with E-state index in [2.05, 4.69) is 20.8 Å². The van der Waals surface area contributed by atoms with E-state index >= 15 is 0 Å². The lowest BCUT2D eigenvalue weighted by Crippen LogP contribution is -2.13. The number of aromatic nitrogens is 3. The van der Waals surface area contributed by atoms with Crippen molar-refractivity contribution in [2.24, 2.45) is 0 Å². The number of hydrogen-bond donors (Lipinski definition) is 2. The lowest BCUT2D eigenvalue weighted by Gasteiger charge is -2.10. The summed E-state index contributed by atoms with van der Waals surface area (Å²) >= 11 is 0. The van der Waals surface area contributed by atoms with E-state index in [1.54, 1.807) is 51.4 Å². The van der Waals surface area contributed by atoms with Gasteiger partial charge in [-0.25, -0.2) is 18.4 Å². The van der Waals surface area contributed by atoms with Crippen molar-refractivity contribution < 1.29 is 12.9 Å². The molecule has 2 aromatic heterocycles. The van der Waals surface area contributed by atoms with E-state index in [9.17, 15) is 8.42 Å². The Morgan fingerprint density at radius 1 is 0.941 bits per heavy atom. The van der Waals surface area contributed by atoms with E-state index in [0.29, 0.717) is 28.7 Å². The van der Waals surface area contributed by atoms with Gasteiger partial charge < -0.3 is 15.2 Å². The van der Waals surface area contributed by atoms with Crippen LogP contribution in [0.5, 0.6) is 0 Å². The molecule has 2 N–H and O–H groups in total. The third-order valence-electron chi connectivity index (χ3n) is 5.48. The van der Waals surface area contributed by atoms with Crippen LogP contribution in [-0.4, -0.2) is 42.9 Å². The Hall–Kier alpha value is -3.56. The van der Waals surface area contributed by atoms with Crippen molar-refractivity contribution in [3.63, 3.8) is 0 Å². The molecule has 176 valence electrons. The van der Waals surface area contributed by atoms with Gasteiger partial charge in [0.25, 0.3) is 0 Å². The first-order valence-corrected chi connectivity index (χ1v) is 12.5. The van der Waals surface area contributed by atoms with Gasteiger partial charge >= 0.3 is 0 Å². The predicted molar refractivity (Wildman–Crippen MR) is 133 cm³/mol. The molecular weight excluding hydrogens is 450 g/mol. The number of anilines is 1. The van der Waals surface area contributed by atoms with Crippen molar-refractivity contribution in [1.82, 2.24) is 20.4 Å². The van der Waals surface area contributed by atoms with Gasteiger partial charge in [0.05, 0.1) is 22.0 Å². The first-order chi connectivity index (χ1) is 16.3. The molecule has 0 fully saturated rings. The van der Waals surface area contributed by atoms with Crippen LogP contribution in [0.1, 0.15) is 19.4 Å². The second-order valence-electron chi connectivity index (χ2n) is 8.12. The van der Waals surface area contributed by atoms with E-state index in [1.165, 1.54) is 5.56 Å². The molecule has 34 heavy (non-hydrogen) atoms. The van der Waals surface area contributed by atoms with Crippen molar-refractivity contribution in [3.05, 3.63) is 66.4 Å². The molecule has 4 rings (SSSR count). The highest BCUT2D eigenvalue weighted by Crippen LogP contribution is 2.31. The average molecular weight is 478 g/mol. The number of sulfone groups is 1. The lowest BCUT2D eigenvalue weighted by molar-refractivity contribution is 0.433. The lowest BCUT2D eigenvalue weighted by atomic mass is 10.1. The molecular formula is C25H27N5O3S. The zero-order valence-corrected chi connectivity index (χ0v) is 20.3. The fraction of sp³-hybridized carbons (Fsp3) is 0.240. The minimum Gasteiger partial charge on any atom is -0.371 e. The van der Waals surface area contributed by atoms with Gasteiger partial charge in [-0.1, -0.05) is 41.6 Å². The summed E-state index contributed by atoms with van der Waals surface area (Å²) in [5.41, 5.74) is 4.67. The van der Waals surface area contributed by atoms with Gasteiger partial charge in [-0.05, 0) is 38.6 Å². The van der Waals surface area contributed by atoms with Crippen LogP contribution >= 0.6 is 0 Å². The smallest absolute Gasteiger partial charge is 0.189 e. The molecule has 0 spiro atoms. The van der Waals surface area contributed by atoms with E-state index in [4.69, 9.17) is 9.51 Å². The van der Waals surface area contributed by atoms with Gasteiger partial charge in [0.15, 0.2) is 27.1 Å². The fourth-order valence-corrected chi connectivity index (χ4v) is 4.55. The number of hydrogen-bond acceptors (Lipinski definition) is 8. The summed E-state index contributed by atoms with van der Waals surface area (Å²) in [5, 5.41) is 9.90. The molecule has 0 bridgehead atoms. The summed E-state index contributed by atoms with van der Waals surface area (Å²) in [7, 11) is 0.331. The monoisotopic (exact) mass is 477 g/mol. The minimum absolute atomic E-state index is 0.284. The fourth-order valence-electron chi connectivity index (χ4n) is 3.49. The third kappa shape index (κ3) is 4.71. The molecule has 9 heteroatoms. The number of nitrogens with zero attached hydrogens (tertiary/aromatic N) is 3. The molecule has 0 aliphatic heterocycles. The highest BCUT2D eigenvalue weighted by molar-refractivity contribution is 7.92. The van der Waals surface area contributed by atoms with Gasteiger partial charge in [0.2, 0.25) is 0 Å². The molecule has 0 saturated carbocycles. The standard InChI is InChI=1S/C25H27N5O3S/c1-16(2)34(31,32)20-11-9-19(10-12-20)22-15-28-25(27-4)24(29-22)23-13-21(30-33-23)18-7-5-17(6-8-18)14-26-3/h5-13,15-16,26H,14H2,1-4H3,(H,27,28). The Bertz CT molecular complexity index is 1380. The van der Waals surface area contributed by atoms with Crippen molar-refractivity contribution in [3.8, 4) is 34.0 Å². The zero-order chi connectivity index (χ0) is 24.3. The number of nitrogens with one attached hydrogen (secondary N) is 2. The van der Waals surface area contributed by atoms with Crippen LogP contribution in [0.15, 0.2) is 70.2 Å². The van der Waals surface area contributed by atoms with Gasteiger partial charge in [0, 0.05) is 30.8 Å². The second-order valence-corrected chi connectivity index (χ2v) is 10.6. The first kappa shape index (κ1) is 23.6. The SMILES string of the molecule is CNCc1ccc(-c2cc(-c3nc(-c4ccc(S(=O)(=O)C(C)C)cc4)cnc3NC)on2)cc1. The Morgan fingerprint density at radius 2 is 1.59 bits per heavy atom. The summed E-state index contributed by atoms with van der Waals surface area (Å²) in [5.74, 6) is 1.03. The molecule has 4 aromatic rings. The van der Waals surface area contributed by atoms with E-state index in [-0.39, 0.29) is 4.90 Å². The maximum Gasteiger partial charge on any atom is 0.189 e. The second kappa shape index (κ2) is 9.74. The van der Waals surface area contributed by atoms with Crippen molar-refractivity contribution in [2.45, 2.75) is 30.5 Å². The molecule has 2 aromatic carbocycles. The zero-order valence-electron chi connectivity index (χ0n) is 19.5. The van der Waals surface area contributed by atoms with Crippen LogP contribution in [0.25, 0.3) is 34.0 Å². The van der Waals surface area contributed by atoms with Gasteiger partial charge in [-0.2, -0.15) is 0 Å². The molecule has 0 atom stereocenters. The predicted octanol–water partition coefficient (Wildman–Crippen LogP) is 4.41. The largest absolute Gasteiger partial charge is 0.371 e. The van der Waals surface area contributed by atoms with Crippen LogP contribution in [0.2, 0.25) is 0 Å². The van der Waals surface area contributed by atoms with Crippen molar-refractivity contribution in [2.75, 3.05) is 19.4 Å². The summed E-state index contributed by atoms with van der Waals surface area (Å²) in [6.07, 6.45) is 1.64. The Balaban J connectivity index is 1.66. The maximum atomic E-state index is 12.4. The molecule has 0 saturated heterocycles. The van der Waals surface area contributed by atoms with Crippen LogP contribution in [0, 0.1) is 0 Å². The molecule has 0 unspecified atom stereocenters. The average Bonchev–Trinajstić information content (AvgIpc) is 3.34. The van der Waals surface area contributed by atoms with E-state index in [0.717, 1.165) is 17.7 Å². The van der Waals surface area contributed by atoms with E-state index < -0.39 is 15.1 Å². The van der Waals surface area contributed by atoms with Crippen molar-refractivity contribution in [1.29, 1.82) is 0 Å². The summed E-state index contributed by atoms with van der Waals surface area (Å²) in [6, 6.07) is 16.6. The first-order valence-electron chi connectivity index (χ1n) is 10.9. The summed E-state index contributed by atoms with van der Waals surface area (Å²) < 4.78 is 30.5. The minimum atomic E-state index is -3.34. The van der Waals surface area contributed by atoms with E-state index in [1.807, 2.05) is 37.4 Å². The third-order valence-corrected chi connectivity index (χ3v) is 7.65. The summed E-state index contributed by atoms with van der Waals surface area (Å²) in [4.78, 5) is 9.50. The number of benzene rings is 2. The van der Waals surface area contributed by atoms with Gasteiger partial charge in [-0.3, -0.25) is 0 Å². The Kier molecular flexibility index (Phi) is 6.76. The van der Waals surface area contributed by atoms with Gasteiger partial charge in [0.1, 0.15) is 5.69 Å². The topological polar surface area (TPSA) is 110 Å². The van der Waals surface area contributed by atoms with Gasteiger partial charge in [-0.15, -0.1) is 0 Å². The normalized spacial score (nSPS) is 11.7. The molecule has 0 aliphatic carbocycles. The van der Waals surface area contributed by atoms with Crippen molar-refractivity contribution >= 4 is 15.7 Å². The van der Waals surface area contributed by atoms with Crippen LogP contribution in [0.3, 0.4) is 0 Å².